The number of halogens is 2. The zero-order chi connectivity index (χ0) is 25.3. The van der Waals surface area contributed by atoms with Crippen molar-refractivity contribution in [1.82, 2.24) is 10.2 Å². The highest BCUT2D eigenvalue weighted by molar-refractivity contribution is 7.92. The molecule has 0 saturated carbocycles. The maximum Gasteiger partial charge on any atom is 0.242 e. The second-order valence-electron chi connectivity index (χ2n) is 8.00. The van der Waals surface area contributed by atoms with Gasteiger partial charge in [-0.15, -0.1) is 0 Å². The number of anilines is 1. The quantitative estimate of drug-likeness (QED) is 0.440. The van der Waals surface area contributed by atoms with Gasteiger partial charge in [0.25, 0.3) is 0 Å². The molecule has 1 atom stereocenters. The molecule has 10 heteroatoms. The Bertz CT molecular complexity index is 1100. The number of hydrogen-bond donors (Lipinski definition) is 1. The highest BCUT2D eigenvalue weighted by atomic mass is 35.5. The van der Waals surface area contributed by atoms with Gasteiger partial charge in [-0.25, -0.2) is 8.42 Å². The lowest BCUT2D eigenvalue weighted by atomic mass is 10.1. The summed E-state index contributed by atoms with van der Waals surface area (Å²) in [6, 6.07) is 13.0. The third-order valence-electron chi connectivity index (χ3n) is 5.26. The van der Waals surface area contributed by atoms with Crippen molar-refractivity contribution in [2.45, 2.75) is 45.7 Å². The van der Waals surface area contributed by atoms with Crippen LogP contribution in [0.15, 0.2) is 48.5 Å². The van der Waals surface area contributed by atoms with E-state index in [1.54, 1.807) is 43.3 Å². The molecule has 2 amide bonds. The van der Waals surface area contributed by atoms with Crippen LogP contribution in [-0.2, 0) is 26.2 Å². The van der Waals surface area contributed by atoms with Crippen LogP contribution in [0.3, 0.4) is 0 Å². The summed E-state index contributed by atoms with van der Waals surface area (Å²) in [6.45, 7) is 4.41. The first kappa shape index (κ1) is 28.0. The largest absolute Gasteiger partial charge is 0.354 e. The molecule has 0 aliphatic heterocycles. The van der Waals surface area contributed by atoms with Gasteiger partial charge in [0.05, 0.1) is 11.9 Å². The van der Waals surface area contributed by atoms with Gasteiger partial charge in [-0.05, 0) is 49.6 Å². The fourth-order valence-corrected chi connectivity index (χ4v) is 4.76. The van der Waals surface area contributed by atoms with E-state index in [1.165, 1.54) is 9.21 Å². The molecule has 34 heavy (non-hydrogen) atoms. The lowest BCUT2D eigenvalue weighted by molar-refractivity contribution is -0.140. The molecule has 0 aliphatic carbocycles. The summed E-state index contributed by atoms with van der Waals surface area (Å²) >= 11 is 12.3. The molecule has 0 aliphatic rings. The summed E-state index contributed by atoms with van der Waals surface area (Å²) in [6.07, 6.45) is 2.21. The summed E-state index contributed by atoms with van der Waals surface area (Å²) in [5.74, 6) is -0.516. The molecule has 0 aromatic heterocycles. The molecule has 0 unspecified atom stereocenters. The van der Waals surface area contributed by atoms with E-state index in [0.717, 1.165) is 18.2 Å². The van der Waals surface area contributed by atoms with E-state index >= 15 is 0 Å². The molecule has 7 nitrogen and oxygen atoms in total. The second kappa shape index (κ2) is 13.0. The Morgan fingerprint density at radius 2 is 1.79 bits per heavy atom. The first-order valence-electron chi connectivity index (χ1n) is 11.1. The molecule has 186 valence electrons. The van der Waals surface area contributed by atoms with Crippen molar-refractivity contribution in [2.75, 3.05) is 23.7 Å². The van der Waals surface area contributed by atoms with Crippen LogP contribution in [-0.4, -0.2) is 50.5 Å². The van der Waals surface area contributed by atoms with Crippen LogP contribution in [0, 0.1) is 0 Å². The van der Waals surface area contributed by atoms with Gasteiger partial charge in [-0.2, -0.15) is 0 Å². The molecule has 1 N–H and O–H groups in total. The maximum atomic E-state index is 13.2. The summed E-state index contributed by atoms with van der Waals surface area (Å²) in [7, 11) is -3.58. The number of benzene rings is 2. The highest BCUT2D eigenvalue weighted by Gasteiger charge is 2.27. The Labute approximate surface area is 212 Å². The number of carbonyl (C=O) groups excluding carboxylic acids is 2. The van der Waals surface area contributed by atoms with Crippen molar-refractivity contribution >= 4 is 50.7 Å². The lowest BCUT2D eigenvalue weighted by Crippen LogP contribution is -2.47. The molecule has 0 saturated heterocycles. The van der Waals surface area contributed by atoms with Crippen molar-refractivity contribution in [1.29, 1.82) is 0 Å². The van der Waals surface area contributed by atoms with Crippen LogP contribution in [0.4, 0.5) is 5.69 Å². The van der Waals surface area contributed by atoms with E-state index in [-0.39, 0.29) is 37.7 Å². The van der Waals surface area contributed by atoms with Crippen LogP contribution in [0.5, 0.6) is 0 Å². The van der Waals surface area contributed by atoms with Gasteiger partial charge in [0, 0.05) is 36.1 Å². The Morgan fingerprint density at radius 1 is 1.09 bits per heavy atom. The SMILES string of the molecule is CCCNC(=O)[C@H](C)N(Cc1ccccc1Cl)C(=O)CCCN(c1cccc(Cl)c1)S(C)(=O)=O. The molecule has 0 spiro atoms. The summed E-state index contributed by atoms with van der Waals surface area (Å²) in [4.78, 5) is 27.3. The molecule has 0 fully saturated rings. The number of nitrogens with zero attached hydrogens (tertiary/aromatic N) is 2. The Balaban J connectivity index is 2.16. The van der Waals surface area contributed by atoms with Crippen LogP contribution >= 0.6 is 23.2 Å². The third-order valence-corrected chi connectivity index (χ3v) is 7.06. The molecule has 0 radical (unpaired) electrons. The third kappa shape index (κ3) is 8.18. The number of nitrogens with one attached hydrogen (secondary N) is 1. The summed E-state index contributed by atoms with van der Waals surface area (Å²) in [5.41, 5.74) is 1.16. The van der Waals surface area contributed by atoms with Crippen molar-refractivity contribution in [2.24, 2.45) is 0 Å². The van der Waals surface area contributed by atoms with Crippen molar-refractivity contribution in [3.8, 4) is 0 Å². The minimum absolute atomic E-state index is 0.0580. The molecule has 0 heterocycles. The Kier molecular flexibility index (Phi) is 10.7. The van der Waals surface area contributed by atoms with Gasteiger partial charge < -0.3 is 10.2 Å². The smallest absolute Gasteiger partial charge is 0.242 e. The number of amides is 2. The van der Waals surface area contributed by atoms with Gasteiger partial charge in [0.1, 0.15) is 6.04 Å². The van der Waals surface area contributed by atoms with Crippen LogP contribution < -0.4 is 9.62 Å². The van der Waals surface area contributed by atoms with Gasteiger partial charge >= 0.3 is 0 Å². The average molecular weight is 529 g/mol. The standard InChI is InChI=1S/C24H31Cl2N3O4S/c1-4-14-27-24(31)18(2)28(17-19-9-5-6-12-22(19)26)23(30)13-8-15-29(34(3,32)33)21-11-7-10-20(25)16-21/h5-7,9-12,16,18H,4,8,13-15,17H2,1-3H3,(H,27,31)/t18-/m0/s1. The zero-order valence-corrected chi connectivity index (χ0v) is 22.0. The first-order chi connectivity index (χ1) is 16.0. The fourth-order valence-electron chi connectivity index (χ4n) is 3.42. The molecule has 0 bridgehead atoms. The predicted octanol–water partition coefficient (Wildman–Crippen LogP) is 4.48. The van der Waals surface area contributed by atoms with Gasteiger partial charge in [-0.3, -0.25) is 13.9 Å². The van der Waals surface area contributed by atoms with Crippen LogP contribution in [0.25, 0.3) is 0 Å². The second-order valence-corrected chi connectivity index (χ2v) is 10.7. The number of hydrogen-bond acceptors (Lipinski definition) is 4. The highest BCUT2D eigenvalue weighted by Crippen LogP contribution is 2.23. The average Bonchev–Trinajstić information content (AvgIpc) is 2.78. The van der Waals surface area contributed by atoms with Crippen molar-refractivity contribution < 1.29 is 18.0 Å². The predicted molar refractivity (Wildman–Crippen MR) is 138 cm³/mol. The minimum Gasteiger partial charge on any atom is -0.354 e. The lowest BCUT2D eigenvalue weighted by Gasteiger charge is -2.29. The molecule has 2 rings (SSSR count). The van der Waals surface area contributed by atoms with Crippen LogP contribution in [0.2, 0.25) is 10.0 Å². The number of sulfonamides is 1. The van der Waals surface area contributed by atoms with Gasteiger partial charge in [-0.1, -0.05) is 54.4 Å². The summed E-state index contributed by atoms with van der Waals surface area (Å²) < 4.78 is 25.9. The molecular weight excluding hydrogens is 497 g/mol. The van der Waals surface area contributed by atoms with E-state index in [9.17, 15) is 18.0 Å². The first-order valence-corrected chi connectivity index (χ1v) is 13.7. The molecular formula is C24H31Cl2N3O4S. The van der Waals surface area contributed by atoms with Crippen molar-refractivity contribution in [3.63, 3.8) is 0 Å². The Hall–Kier alpha value is -2.29. The number of carbonyl (C=O) groups is 2. The van der Waals surface area contributed by atoms with E-state index in [0.29, 0.717) is 22.3 Å². The van der Waals surface area contributed by atoms with Gasteiger partial charge in [0.15, 0.2) is 0 Å². The van der Waals surface area contributed by atoms with E-state index in [1.807, 2.05) is 19.1 Å². The normalized spacial score (nSPS) is 12.1. The molecule has 2 aromatic rings. The summed E-state index contributed by atoms with van der Waals surface area (Å²) in [5, 5.41) is 3.74. The number of rotatable bonds is 12. The van der Waals surface area contributed by atoms with Crippen molar-refractivity contribution in [3.05, 3.63) is 64.1 Å². The fraction of sp³-hybridized carbons (Fsp3) is 0.417. The maximum absolute atomic E-state index is 13.2. The van der Waals surface area contributed by atoms with Gasteiger partial charge in [0.2, 0.25) is 21.8 Å². The Morgan fingerprint density at radius 3 is 2.41 bits per heavy atom. The van der Waals surface area contributed by atoms with Crippen LogP contribution in [0.1, 0.15) is 38.7 Å². The molecule has 2 aromatic carbocycles. The van der Waals surface area contributed by atoms with E-state index < -0.39 is 16.1 Å². The van der Waals surface area contributed by atoms with E-state index in [2.05, 4.69) is 5.32 Å². The van der Waals surface area contributed by atoms with E-state index in [4.69, 9.17) is 23.2 Å². The minimum atomic E-state index is -3.58. The zero-order valence-electron chi connectivity index (χ0n) is 19.6. The topological polar surface area (TPSA) is 86.8 Å². The monoisotopic (exact) mass is 527 g/mol.